The Morgan fingerprint density at radius 3 is 2.94 bits per heavy atom. The van der Waals surface area contributed by atoms with Gasteiger partial charge in [0.1, 0.15) is 5.76 Å². The molecule has 1 aromatic heterocycles. The van der Waals surface area contributed by atoms with E-state index in [9.17, 15) is 0 Å². The van der Waals surface area contributed by atoms with Crippen LogP contribution in [0.15, 0.2) is 46.0 Å². The molecule has 0 saturated heterocycles. The van der Waals surface area contributed by atoms with Crippen molar-refractivity contribution in [2.24, 2.45) is 4.99 Å². The molecule has 16 heavy (non-hydrogen) atoms. The Bertz CT molecular complexity index is 517. The van der Waals surface area contributed by atoms with Gasteiger partial charge in [0.2, 0.25) is 6.79 Å². The van der Waals surface area contributed by atoms with Crippen LogP contribution in [0.5, 0.6) is 11.5 Å². The fourth-order valence-corrected chi connectivity index (χ4v) is 1.47. The van der Waals surface area contributed by atoms with Crippen molar-refractivity contribution in [3.63, 3.8) is 0 Å². The number of nitrogens with zero attached hydrogens (tertiary/aromatic N) is 1. The third-order valence-electron chi connectivity index (χ3n) is 2.24. The lowest BCUT2D eigenvalue weighted by Gasteiger charge is -1.96. The summed E-state index contributed by atoms with van der Waals surface area (Å²) in [5.41, 5.74) is 0.806. The van der Waals surface area contributed by atoms with Crippen LogP contribution in [0.3, 0.4) is 0 Å². The van der Waals surface area contributed by atoms with Crippen LogP contribution in [-0.4, -0.2) is 13.0 Å². The zero-order valence-corrected chi connectivity index (χ0v) is 8.42. The van der Waals surface area contributed by atoms with Crippen molar-refractivity contribution >= 4 is 11.9 Å². The second kappa shape index (κ2) is 3.73. The van der Waals surface area contributed by atoms with E-state index in [1.54, 1.807) is 12.5 Å². The Kier molecular flexibility index (Phi) is 2.11. The van der Waals surface area contributed by atoms with Gasteiger partial charge in [-0.25, -0.2) is 0 Å². The molecule has 0 amide bonds. The molecule has 3 rings (SSSR count). The number of ether oxygens (including phenoxy) is 2. The molecule has 0 bridgehead atoms. The minimum atomic E-state index is 0.278. The van der Waals surface area contributed by atoms with Gasteiger partial charge in [0.15, 0.2) is 11.5 Å². The molecule has 0 spiro atoms. The first-order chi connectivity index (χ1) is 7.92. The SMILES string of the molecule is C(=Nc1ccc2c(c1)OCO2)c1ccco1. The molecule has 0 saturated carbocycles. The molecular formula is C12H9NO3. The first-order valence-corrected chi connectivity index (χ1v) is 4.89. The minimum Gasteiger partial charge on any atom is -0.463 e. The van der Waals surface area contributed by atoms with E-state index in [1.807, 2.05) is 30.3 Å². The standard InChI is InChI=1S/C12H9NO3/c1-2-10(14-5-1)7-13-9-3-4-11-12(6-9)16-8-15-11/h1-7H,8H2. The fourth-order valence-electron chi connectivity index (χ4n) is 1.47. The number of hydrogen-bond donors (Lipinski definition) is 0. The lowest BCUT2D eigenvalue weighted by molar-refractivity contribution is 0.174. The summed E-state index contributed by atoms with van der Waals surface area (Å²) in [7, 11) is 0. The number of hydrogen-bond acceptors (Lipinski definition) is 4. The molecule has 0 fully saturated rings. The van der Waals surface area contributed by atoms with E-state index in [1.165, 1.54) is 0 Å². The van der Waals surface area contributed by atoms with Gasteiger partial charge in [0.25, 0.3) is 0 Å². The molecule has 0 aliphatic carbocycles. The van der Waals surface area contributed by atoms with Gasteiger partial charge >= 0.3 is 0 Å². The van der Waals surface area contributed by atoms with E-state index in [-0.39, 0.29) is 6.79 Å². The summed E-state index contributed by atoms with van der Waals surface area (Å²) in [5, 5.41) is 0. The Labute approximate surface area is 92.1 Å². The summed E-state index contributed by atoms with van der Waals surface area (Å²) in [6.07, 6.45) is 3.28. The summed E-state index contributed by atoms with van der Waals surface area (Å²) in [5.74, 6) is 2.21. The summed E-state index contributed by atoms with van der Waals surface area (Å²) >= 11 is 0. The molecule has 0 atom stereocenters. The molecular weight excluding hydrogens is 206 g/mol. The third-order valence-corrected chi connectivity index (χ3v) is 2.24. The second-order valence-electron chi connectivity index (χ2n) is 3.31. The maximum absolute atomic E-state index is 5.26. The van der Waals surface area contributed by atoms with Crippen LogP contribution in [0.1, 0.15) is 5.76 Å². The highest BCUT2D eigenvalue weighted by Gasteiger charge is 2.12. The monoisotopic (exact) mass is 215 g/mol. The average Bonchev–Trinajstić information content (AvgIpc) is 2.97. The molecule has 0 N–H and O–H groups in total. The molecule has 1 aliphatic heterocycles. The molecule has 80 valence electrons. The van der Waals surface area contributed by atoms with Crippen LogP contribution >= 0.6 is 0 Å². The van der Waals surface area contributed by atoms with Crippen molar-refractivity contribution in [1.82, 2.24) is 0 Å². The zero-order chi connectivity index (χ0) is 10.8. The van der Waals surface area contributed by atoms with E-state index in [4.69, 9.17) is 13.9 Å². The van der Waals surface area contributed by atoms with E-state index in [0.717, 1.165) is 22.9 Å². The summed E-state index contributed by atoms with van der Waals surface area (Å²) in [6, 6.07) is 9.21. The minimum absolute atomic E-state index is 0.278. The molecule has 2 aromatic rings. The first-order valence-electron chi connectivity index (χ1n) is 4.89. The molecule has 1 aromatic carbocycles. The van der Waals surface area contributed by atoms with Crippen LogP contribution < -0.4 is 9.47 Å². The van der Waals surface area contributed by atoms with Crippen molar-refractivity contribution in [3.8, 4) is 11.5 Å². The maximum Gasteiger partial charge on any atom is 0.231 e. The maximum atomic E-state index is 5.26. The Hall–Kier alpha value is -2.23. The van der Waals surface area contributed by atoms with Gasteiger partial charge in [-0.05, 0) is 24.3 Å². The quantitative estimate of drug-likeness (QED) is 0.723. The molecule has 0 radical (unpaired) electrons. The van der Waals surface area contributed by atoms with Gasteiger partial charge in [0.05, 0.1) is 18.2 Å². The number of fused-ring (bicyclic) bond motifs is 1. The van der Waals surface area contributed by atoms with Crippen molar-refractivity contribution in [2.45, 2.75) is 0 Å². The van der Waals surface area contributed by atoms with Crippen LogP contribution in [-0.2, 0) is 0 Å². The highest BCUT2D eigenvalue weighted by molar-refractivity contribution is 5.78. The number of benzene rings is 1. The van der Waals surface area contributed by atoms with Crippen LogP contribution in [0.4, 0.5) is 5.69 Å². The van der Waals surface area contributed by atoms with Gasteiger partial charge in [-0.1, -0.05) is 0 Å². The lowest BCUT2D eigenvalue weighted by atomic mass is 10.3. The smallest absolute Gasteiger partial charge is 0.231 e. The predicted molar refractivity (Wildman–Crippen MR) is 58.5 cm³/mol. The summed E-state index contributed by atoms with van der Waals surface area (Å²) in [4.78, 5) is 4.27. The fraction of sp³-hybridized carbons (Fsp3) is 0.0833. The van der Waals surface area contributed by atoms with E-state index in [0.29, 0.717) is 0 Å². The van der Waals surface area contributed by atoms with E-state index in [2.05, 4.69) is 4.99 Å². The molecule has 4 nitrogen and oxygen atoms in total. The number of rotatable bonds is 2. The van der Waals surface area contributed by atoms with Crippen LogP contribution in [0.2, 0.25) is 0 Å². The topological polar surface area (TPSA) is 44.0 Å². The van der Waals surface area contributed by atoms with Crippen molar-refractivity contribution in [1.29, 1.82) is 0 Å². The highest BCUT2D eigenvalue weighted by atomic mass is 16.7. The Balaban J connectivity index is 1.85. The van der Waals surface area contributed by atoms with Crippen LogP contribution in [0, 0.1) is 0 Å². The third kappa shape index (κ3) is 1.65. The number of aliphatic imine (C=N–C) groups is 1. The lowest BCUT2D eigenvalue weighted by Crippen LogP contribution is -1.92. The van der Waals surface area contributed by atoms with E-state index >= 15 is 0 Å². The van der Waals surface area contributed by atoms with Crippen molar-refractivity contribution < 1.29 is 13.9 Å². The second-order valence-corrected chi connectivity index (χ2v) is 3.31. The Morgan fingerprint density at radius 1 is 1.12 bits per heavy atom. The van der Waals surface area contributed by atoms with Crippen molar-refractivity contribution in [3.05, 3.63) is 42.4 Å². The zero-order valence-electron chi connectivity index (χ0n) is 8.42. The molecule has 0 unspecified atom stereocenters. The van der Waals surface area contributed by atoms with E-state index < -0.39 is 0 Å². The van der Waals surface area contributed by atoms with Crippen molar-refractivity contribution in [2.75, 3.05) is 6.79 Å². The molecule has 4 heteroatoms. The first kappa shape index (κ1) is 9.03. The van der Waals surface area contributed by atoms with Gasteiger partial charge < -0.3 is 13.9 Å². The normalized spacial score (nSPS) is 13.5. The number of furan rings is 1. The largest absolute Gasteiger partial charge is 0.463 e. The van der Waals surface area contributed by atoms with Crippen LogP contribution in [0.25, 0.3) is 0 Å². The average molecular weight is 215 g/mol. The van der Waals surface area contributed by atoms with Gasteiger partial charge in [-0.15, -0.1) is 0 Å². The van der Waals surface area contributed by atoms with Gasteiger partial charge in [-0.2, -0.15) is 0 Å². The highest BCUT2D eigenvalue weighted by Crippen LogP contribution is 2.35. The summed E-state index contributed by atoms with van der Waals surface area (Å²) in [6.45, 7) is 0.278. The van der Waals surface area contributed by atoms with Gasteiger partial charge in [0, 0.05) is 6.07 Å². The predicted octanol–water partition coefficient (Wildman–Crippen LogP) is 2.76. The summed E-state index contributed by atoms with van der Waals surface area (Å²) < 4.78 is 15.6. The molecule has 2 heterocycles. The van der Waals surface area contributed by atoms with Gasteiger partial charge in [-0.3, -0.25) is 4.99 Å². The Morgan fingerprint density at radius 2 is 2.06 bits per heavy atom. The molecule has 1 aliphatic rings.